The van der Waals surface area contributed by atoms with Crippen LogP contribution in [0.25, 0.3) is 0 Å². The molecule has 1 aromatic rings. The van der Waals surface area contributed by atoms with Crippen molar-refractivity contribution in [2.75, 3.05) is 19.6 Å². The van der Waals surface area contributed by atoms with Crippen molar-refractivity contribution in [2.45, 2.75) is 37.1 Å². The number of nitrogens with one attached hydrogen (secondary N) is 4. The number of aliphatic carboxylic acids is 1. The summed E-state index contributed by atoms with van der Waals surface area (Å²) in [6.07, 6.45) is 1.65. The minimum absolute atomic E-state index is 0.0950. The van der Waals surface area contributed by atoms with Crippen LogP contribution in [0.5, 0.6) is 0 Å². The molecule has 1 atom stereocenters. The van der Waals surface area contributed by atoms with Crippen LogP contribution in [0.4, 0.5) is 0 Å². The first-order chi connectivity index (χ1) is 15.4. The van der Waals surface area contributed by atoms with E-state index >= 15 is 0 Å². The van der Waals surface area contributed by atoms with Crippen molar-refractivity contribution in [2.24, 2.45) is 5.14 Å². The molecular formula is C19H27N5O8S. The second-order valence-electron chi connectivity index (χ2n) is 6.91. The van der Waals surface area contributed by atoms with Crippen molar-refractivity contribution >= 4 is 39.6 Å². The van der Waals surface area contributed by atoms with Gasteiger partial charge in [0.25, 0.3) is 5.91 Å². The van der Waals surface area contributed by atoms with E-state index < -0.39 is 65.3 Å². The molecule has 1 rings (SSSR count). The van der Waals surface area contributed by atoms with Crippen LogP contribution in [0, 0.1) is 0 Å². The number of sulfonamides is 1. The highest BCUT2D eigenvalue weighted by Gasteiger charge is 2.19. The molecule has 4 amide bonds. The van der Waals surface area contributed by atoms with Crippen LogP contribution in [0.1, 0.15) is 36.5 Å². The highest BCUT2D eigenvalue weighted by atomic mass is 32.2. The third-order valence-corrected chi connectivity index (χ3v) is 5.16. The summed E-state index contributed by atoms with van der Waals surface area (Å²) in [4.78, 5) is 58.2. The Bertz CT molecular complexity index is 978. The van der Waals surface area contributed by atoms with E-state index in [4.69, 9.17) is 10.2 Å². The summed E-state index contributed by atoms with van der Waals surface area (Å²) in [7, 11) is -3.90. The zero-order valence-electron chi connectivity index (χ0n) is 17.9. The zero-order chi connectivity index (χ0) is 25.0. The smallest absolute Gasteiger partial charge is 0.326 e. The predicted octanol–water partition coefficient (Wildman–Crippen LogP) is -1.94. The Morgan fingerprint density at radius 3 is 1.91 bits per heavy atom. The first-order valence-corrected chi connectivity index (χ1v) is 11.4. The van der Waals surface area contributed by atoms with Gasteiger partial charge in [-0.25, -0.2) is 18.4 Å². The standard InChI is InChI=1S/C19H27N5O8S/c1-2-3-4-14(19(29)30)24-17(27)11-22-15(25)9-21-16(26)10-23-18(28)12-5-7-13(8-6-12)33(20,31)32/h5-8,14H,2-4,9-11H2,1H3,(H,21,26)(H,22,25)(H,23,28)(H,24,27)(H,29,30)(H2,20,31,32). The number of hydrogen-bond donors (Lipinski definition) is 6. The topological polar surface area (TPSA) is 214 Å². The number of amides is 4. The number of benzene rings is 1. The number of rotatable bonds is 13. The van der Waals surface area contributed by atoms with Crippen molar-refractivity contribution in [3.63, 3.8) is 0 Å². The molecule has 7 N–H and O–H groups in total. The van der Waals surface area contributed by atoms with Gasteiger partial charge in [-0.15, -0.1) is 0 Å². The fourth-order valence-electron chi connectivity index (χ4n) is 2.45. The lowest BCUT2D eigenvalue weighted by molar-refractivity contribution is -0.142. The molecule has 0 aliphatic carbocycles. The molecule has 0 saturated heterocycles. The van der Waals surface area contributed by atoms with Crippen molar-refractivity contribution < 1.29 is 37.5 Å². The molecule has 182 valence electrons. The van der Waals surface area contributed by atoms with Crippen LogP contribution in [-0.4, -0.2) is 68.8 Å². The maximum Gasteiger partial charge on any atom is 0.326 e. The first kappa shape index (κ1) is 27.5. The number of nitrogens with two attached hydrogens (primary N) is 1. The number of carboxylic acids is 1. The summed E-state index contributed by atoms with van der Waals surface area (Å²) in [5, 5.41) is 23.1. The molecule has 14 heteroatoms. The van der Waals surface area contributed by atoms with Gasteiger partial charge in [0.2, 0.25) is 27.7 Å². The quantitative estimate of drug-likeness (QED) is 0.184. The van der Waals surface area contributed by atoms with Gasteiger partial charge in [-0.1, -0.05) is 19.8 Å². The van der Waals surface area contributed by atoms with Gasteiger partial charge < -0.3 is 26.4 Å². The lowest BCUT2D eigenvalue weighted by Gasteiger charge is -2.14. The summed E-state index contributed by atoms with van der Waals surface area (Å²) in [5.41, 5.74) is 0.0950. The molecule has 0 aliphatic heterocycles. The van der Waals surface area contributed by atoms with Gasteiger partial charge >= 0.3 is 5.97 Å². The summed E-state index contributed by atoms with van der Waals surface area (Å²) in [6, 6.07) is 3.69. The van der Waals surface area contributed by atoms with Crippen molar-refractivity contribution in [1.82, 2.24) is 21.3 Å². The number of unbranched alkanes of at least 4 members (excludes halogenated alkanes) is 1. The molecule has 1 unspecified atom stereocenters. The van der Waals surface area contributed by atoms with E-state index in [1.807, 2.05) is 6.92 Å². The Morgan fingerprint density at radius 2 is 1.42 bits per heavy atom. The molecule has 0 spiro atoms. The number of primary sulfonamides is 1. The van der Waals surface area contributed by atoms with Gasteiger partial charge in [0.05, 0.1) is 24.5 Å². The Labute approximate surface area is 190 Å². The number of hydrogen-bond acceptors (Lipinski definition) is 7. The van der Waals surface area contributed by atoms with Gasteiger partial charge in [0.1, 0.15) is 6.04 Å². The molecule has 13 nitrogen and oxygen atoms in total. The third-order valence-electron chi connectivity index (χ3n) is 4.23. The summed E-state index contributed by atoms with van der Waals surface area (Å²) >= 11 is 0. The fraction of sp³-hybridized carbons (Fsp3) is 0.421. The van der Waals surface area contributed by atoms with Crippen LogP contribution in [0.15, 0.2) is 29.2 Å². The Balaban J connectivity index is 2.35. The van der Waals surface area contributed by atoms with Crippen molar-refractivity contribution in [3.8, 4) is 0 Å². The second kappa shape index (κ2) is 13.1. The van der Waals surface area contributed by atoms with Gasteiger partial charge in [0, 0.05) is 5.56 Å². The van der Waals surface area contributed by atoms with E-state index in [1.165, 1.54) is 12.1 Å². The van der Waals surface area contributed by atoms with Gasteiger partial charge in [-0.2, -0.15) is 0 Å². The molecular weight excluding hydrogens is 458 g/mol. The zero-order valence-corrected chi connectivity index (χ0v) is 18.7. The van der Waals surface area contributed by atoms with E-state index in [-0.39, 0.29) is 16.9 Å². The first-order valence-electron chi connectivity index (χ1n) is 9.90. The molecule has 0 heterocycles. The number of carbonyl (C=O) groups excluding carboxylic acids is 4. The number of carboxylic acid groups (broad SMARTS) is 1. The van der Waals surface area contributed by atoms with E-state index in [0.717, 1.165) is 18.6 Å². The second-order valence-corrected chi connectivity index (χ2v) is 8.47. The monoisotopic (exact) mass is 485 g/mol. The summed E-state index contributed by atoms with van der Waals surface area (Å²) in [6.45, 7) is 0.495. The predicted molar refractivity (Wildman–Crippen MR) is 115 cm³/mol. The molecule has 1 aromatic carbocycles. The third kappa shape index (κ3) is 10.6. The lowest BCUT2D eigenvalue weighted by atomic mass is 10.1. The van der Waals surface area contributed by atoms with E-state index in [2.05, 4.69) is 21.3 Å². The van der Waals surface area contributed by atoms with Crippen LogP contribution in [0.2, 0.25) is 0 Å². The highest BCUT2D eigenvalue weighted by Crippen LogP contribution is 2.08. The normalized spacial score (nSPS) is 11.7. The molecule has 0 fully saturated rings. The van der Waals surface area contributed by atoms with E-state index in [0.29, 0.717) is 6.42 Å². The Kier molecular flexibility index (Phi) is 10.9. The summed E-state index contributed by atoms with van der Waals surface area (Å²) < 4.78 is 22.4. The van der Waals surface area contributed by atoms with E-state index in [1.54, 1.807) is 0 Å². The maximum absolute atomic E-state index is 12.0. The maximum atomic E-state index is 12.0. The SMILES string of the molecule is CCCCC(NC(=O)CNC(=O)CNC(=O)CNC(=O)c1ccc(S(N)(=O)=O)cc1)C(=O)O. The summed E-state index contributed by atoms with van der Waals surface area (Å²) in [5.74, 6) is -3.88. The van der Waals surface area contributed by atoms with Gasteiger partial charge in [-0.3, -0.25) is 19.2 Å². The average Bonchev–Trinajstić information content (AvgIpc) is 2.76. The van der Waals surface area contributed by atoms with Crippen LogP contribution in [0.3, 0.4) is 0 Å². The lowest BCUT2D eigenvalue weighted by Crippen LogP contribution is -2.47. The van der Waals surface area contributed by atoms with Gasteiger partial charge in [-0.05, 0) is 30.7 Å². The Hall–Kier alpha value is -3.52. The van der Waals surface area contributed by atoms with Crippen molar-refractivity contribution in [3.05, 3.63) is 29.8 Å². The molecule has 33 heavy (non-hydrogen) atoms. The average molecular weight is 486 g/mol. The minimum atomic E-state index is -3.90. The minimum Gasteiger partial charge on any atom is -0.480 e. The largest absolute Gasteiger partial charge is 0.480 e. The molecule has 0 saturated carbocycles. The van der Waals surface area contributed by atoms with E-state index in [9.17, 15) is 32.4 Å². The van der Waals surface area contributed by atoms with Crippen LogP contribution in [-0.2, 0) is 29.2 Å². The molecule has 0 bridgehead atoms. The highest BCUT2D eigenvalue weighted by molar-refractivity contribution is 7.89. The molecule has 0 aliphatic rings. The van der Waals surface area contributed by atoms with Crippen molar-refractivity contribution in [1.29, 1.82) is 0 Å². The fourth-order valence-corrected chi connectivity index (χ4v) is 2.97. The van der Waals surface area contributed by atoms with Crippen LogP contribution >= 0.6 is 0 Å². The Morgan fingerprint density at radius 1 is 0.909 bits per heavy atom. The van der Waals surface area contributed by atoms with Crippen LogP contribution < -0.4 is 26.4 Å². The molecule has 0 aromatic heterocycles. The molecule has 0 radical (unpaired) electrons. The van der Waals surface area contributed by atoms with Gasteiger partial charge in [0.15, 0.2) is 0 Å². The number of carbonyl (C=O) groups is 5.